The van der Waals surface area contributed by atoms with Crippen molar-refractivity contribution in [2.75, 3.05) is 4.90 Å². The van der Waals surface area contributed by atoms with E-state index in [1.54, 1.807) is 0 Å². The van der Waals surface area contributed by atoms with Gasteiger partial charge in [0.2, 0.25) is 0 Å². The summed E-state index contributed by atoms with van der Waals surface area (Å²) in [5.41, 5.74) is 11.7. The van der Waals surface area contributed by atoms with Gasteiger partial charge in [0.1, 0.15) is 0 Å². The minimum atomic E-state index is 1.11. The topological polar surface area (TPSA) is 8.17 Å². The molecule has 0 spiro atoms. The first-order chi connectivity index (χ1) is 25.3. The highest BCUT2D eigenvalue weighted by molar-refractivity contribution is 7.26. The van der Waals surface area contributed by atoms with E-state index in [2.05, 4.69) is 204 Å². The molecule has 240 valence electrons. The molecule has 2 aromatic heterocycles. The standard InChI is InChI=1S/C48H32N2S/c1-4-15-33(16-5-1)35-27-30-44(42(31-35)34-17-6-2-7-18-34)50(45-25-14-23-41-40-22-11-13-26-47(40)51-48(41)45)37-28-29-39-38-21-10-12-24-43(38)49(46(39)32-37)36-19-8-3-9-20-36/h1-32H. The number of hydrogen-bond donors (Lipinski definition) is 0. The van der Waals surface area contributed by atoms with Crippen molar-refractivity contribution >= 4 is 70.4 Å². The third-order valence-electron chi connectivity index (χ3n) is 9.98. The van der Waals surface area contributed by atoms with Gasteiger partial charge in [0.25, 0.3) is 0 Å². The van der Waals surface area contributed by atoms with Gasteiger partial charge in [-0.2, -0.15) is 0 Å². The Labute approximate surface area is 300 Å². The fourth-order valence-corrected chi connectivity index (χ4v) is 8.87. The Balaban J connectivity index is 1.30. The van der Waals surface area contributed by atoms with Crippen molar-refractivity contribution < 1.29 is 0 Å². The number of aromatic nitrogens is 1. The summed E-state index contributed by atoms with van der Waals surface area (Å²) in [6.45, 7) is 0. The number of thiophene rings is 1. The molecule has 0 aliphatic carbocycles. The smallest absolute Gasteiger partial charge is 0.0640 e. The molecule has 0 radical (unpaired) electrons. The number of nitrogens with zero attached hydrogens (tertiary/aromatic N) is 2. The normalized spacial score (nSPS) is 11.5. The van der Waals surface area contributed by atoms with Crippen molar-refractivity contribution in [3.05, 3.63) is 194 Å². The molecule has 0 aliphatic heterocycles. The van der Waals surface area contributed by atoms with E-state index >= 15 is 0 Å². The molecule has 2 heterocycles. The minimum absolute atomic E-state index is 1.11. The SMILES string of the molecule is c1ccc(-c2ccc(N(c3ccc4c5ccccc5n(-c5ccccc5)c4c3)c3cccc4c3sc3ccccc34)c(-c3ccccc3)c2)cc1. The van der Waals surface area contributed by atoms with Gasteiger partial charge < -0.3 is 9.47 Å². The molecule has 0 amide bonds. The Morgan fingerprint density at radius 3 is 1.84 bits per heavy atom. The van der Waals surface area contributed by atoms with Crippen molar-refractivity contribution in [3.63, 3.8) is 0 Å². The first-order valence-electron chi connectivity index (χ1n) is 17.4. The molecule has 0 fully saturated rings. The monoisotopic (exact) mass is 668 g/mol. The summed E-state index contributed by atoms with van der Waals surface area (Å²) in [5.74, 6) is 0. The second kappa shape index (κ2) is 12.2. The summed E-state index contributed by atoms with van der Waals surface area (Å²) in [4.78, 5) is 2.49. The quantitative estimate of drug-likeness (QED) is 0.171. The summed E-state index contributed by atoms with van der Waals surface area (Å²) in [7, 11) is 0. The fraction of sp³-hybridized carbons (Fsp3) is 0. The van der Waals surface area contributed by atoms with Crippen LogP contribution < -0.4 is 4.90 Å². The number of fused-ring (bicyclic) bond motifs is 6. The molecule has 0 saturated heterocycles. The second-order valence-corrected chi connectivity index (χ2v) is 14.0. The maximum Gasteiger partial charge on any atom is 0.0640 e. The third kappa shape index (κ3) is 4.93. The van der Waals surface area contributed by atoms with Crippen molar-refractivity contribution in [1.29, 1.82) is 0 Å². The van der Waals surface area contributed by atoms with E-state index in [0.29, 0.717) is 0 Å². The van der Waals surface area contributed by atoms with Crippen LogP contribution in [0.4, 0.5) is 17.1 Å². The molecule has 2 nitrogen and oxygen atoms in total. The molecule has 0 atom stereocenters. The van der Waals surface area contributed by atoms with Crippen LogP contribution in [0, 0.1) is 0 Å². The van der Waals surface area contributed by atoms with Crippen LogP contribution >= 0.6 is 11.3 Å². The van der Waals surface area contributed by atoms with Gasteiger partial charge in [0.05, 0.1) is 27.1 Å². The zero-order valence-electron chi connectivity index (χ0n) is 27.8. The zero-order chi connectivity index (χ0) is 33.7. The lowest BCUT2D eigenvalue weighted by atomic mass is 9.96. The van der Waals surface area contributed by atoms with E-state index < -0.39 is 0 Å². The van der Waals surface area contributed by atoms with Gasteiger partial charge in [-0.1, -0.05) is 140 Å². The van der Waals surface area contributed by atoms with Crippen LogP contribution in [-0.4, -0.2) is 4.57 Å². The van der Waals surface area contributed by atoms with Crippen LogP contribution in [0.1, 0.15) is 0 Å². The van der Waals surface area contributed by atoms with Gasteiger partial charge >= 0.3 is 0 Å². The molecule has 0 bridgehead atoms. The highest BCUT2D eigenvalue weighted by Crippen LogP contribution is 2.48. The highest BCUT2D eigenvalue weighted by Gasteiger charge is 2.23. The maximum absolute atomic E-state index is 2.49. The third-order valence-corrected chi connectivity index (χ3v) is 11.2. The van der Waals surface area contributed by atoms with Crippen molar-refractivity contribution in [2.45, 2.75) is 0 Å². The van der Waals surface area contributed by atoms with E-state index in [0.717, 1.165) is 17.1 Å². The molecule has 0 N–H and O–H groups in total. The Hall–Kier alpha value is -6.42. The van der Waals surface area contributed by atoms with Crippen LogP contribution in [0.25, 0.3) is 69.9 Å². The zero-order valence-corrected chi connectivity index (χ0v) is 28.6. The van der Waals surface area contributed by atoms with Gasteiger partial charge in [-0.25, -0.2) is 0 Å². The Morgan fingerprint density at radius 2 is 1.04 bits per heavy atom. The fourth-order valence-electron chi connectivity index (χ4n) is 7.66. The van der Waals surface area contributed by atoms with Crippen LogP contribution in [-0.2, 0) is 0 Å². The van der Waals surface area contributed by atoms with Crippen LogP contribution in [0.5, 0.6) is 0 Å². The molecule has 51 heavy (non-hydrogen) atoms. The molecule has 0 aliphatic rings. The number of rotatable bonds is 6. The molecule has 0 saturated carbocycles. The second-order valence-electron chi connectivity index (χ2n) is 12.9. The summed E-state index contributed by atoms with van der Waals surface area (Å²) in [6.07, 6.45) is 0. The molecular weight excluding hydrogens is 637 g/mol. The summed E-state index contributed by atoms with van der Waals surface area (Å²) in [6, 6.07) is 70.4. The average Bonchev–Trinajstić information content (AvgIpc) is 3.75. The van der Waals surface area contributed by atoms with Crippen molar-refractivity contribution in [2.24, 2.45) is 0 Å². The number of hydrogen-bond acceptors (Lipinski definition) is 2. The Kier molecular flexibility index (Phi) is 7.04. The minimum Gasteiger partial charge on any atom is -0.309 e. The van der Waals surface area contributed by atoms with Gasteiger partial charge in [-0.05, 0) is 71.3 Å². The van der Waals surface area contributed by atoms with Crippen molar-refractivity contribution in [3.8, 4) is 27.9 Å². The number of anilines is 3. The summed E-state index contributed by atoms with van der Waals surface area (Å²) >= 11 is 1.87. The molecule has 0 unspecified atom stereocenters. The number of benzene rings is 8. The van der Waals surface area contributed by atoms with Gasteiger partial charge in [0, 0.05) is 43.2 Å². The van der Waals surface area contributed by atoms with Crippen LogP contribution in [0.3, 0.4) is 0 Å². The highest BCUT2D eigenvalue weighted by atomic mass is 32.1. The summed E-state index contributed by atoms with van der Waals surface area (Å²) < 4.78 is 4.97. The van der Waals surface area contributed by atoms with Crippen molar-refractivity contribution in [1.82, 2.24) is 4.57 Å². The van der Waals surface area contributed by atoms with Gasteiger partial charge in [-0.3, -0.25) is 0 Å². The predicted octanol–water partition coefficient (Wildman–Crippen LogP) is 14.0. The first-order valence-corrected chi connectivity index (χ1v) is 18.2. The lowest BCUT2D eigenvalue weighted by Crippen LogP contribution is -2.12. The number of para-hydroxylation sites is 2. The predicted molar refractivity (Wildman–Crippen MR) is 219 cm³/mol. The van der Waals surface area contributed by atoms with Gasteiger partial charge in [0.15, 0.2) is 0 Å². The summed E-state index contributed by atoms with van der Waals surface area (Å²) in [5, 5.41) is 5.06. The molecule has 3 heteroatoms. The van der Waals surface area contributed by atoms with E-state index in [1.807, 2.05) is 11.3 Å². The van der Waals surface area contributed by atoms with Crippen LogP contribution in [0.15, 0.2) is 194 Å². The van der Waals surface area contributed by atoms with E-state index in [9.17, 15) is 0 Å². The maximum atomic E-state index is 2.49. The van der Waals surface area contributed by atoms with Crippen LogP contribution in [0.2, 0.25) is 0 Å². The lowest BCUT2D eigenvalue weighted by Gasteiger charge is -2.29. The molecule has 8 aromatic carbocycles. The first kappa shape index (κ1) is 29.5. The van der Waals surface area contributed by atoms with Gasteiger partial charge in [-0.15, -0.1) is 11.3 Å². The Morgan fingerprint density at radius 1 is 0.392 bits per heavy atom. The largest absolute Gasteiger partial charge is 0.309 e. The molecule has 10 rings (SSSR count). The molecule has 10 aromatic rings. The lowest BCUT2D eigenvalue weighted by molar-refractivity contribution is 1.18. The molecular formula is C48H32N2S. The Bertz CT molecular complexity index is 2850. The van der Waals surface area contributed by atoms with E-state index in [-0.39, 0.29) is 0 Å². The van der Waals surface area contributed by atoms with E-state index in [4.69, 9.17) is 0 Å². The average molecular weight is 669 g/mol. The van der Waals surface area contributed by atoms with E-state index in [1.165, 1.54) is 69.9 Å².